The van der Waals surface area contributed by atoms with Crippen LogP contribution in [-0.4, -0.2) is 28.4 Å². The summed E-state index contributed by atoms with van der Waals surface area (Å²) < 4.78 is 25.1. The number of hydrogen-bond acceptors (Lipinski definition) is 5. The molecule has 0 saturated heterocycles. The van der Waals surface area contributed by atoms with Crippen LogP contribution in [0.15, 0.2) is 65.5 Å². The summed E-state index contributed by atoms with van der Waals surface area (Å²) in [6, 6.07) is 14.9. The Balaban J connectivity index is 1.68. The number of amides is 1. The molecule has 150 valence electrons. The summed E-state index contributed by atoms with van der Waals surface area (Å²) in [6.07, 6.45) is -0.867. The van der Waals surface area contributed by atoms with Crippen molar-refractivity contribution >= 4 is 11.6 Å². The fourth-order valence-electron chi connectivity index (χ4n) is 2.50. The lowest BCUT2D eigenvalue weighted by molar-refractivity contribution is -0.122. The fraction of sp³-hybridized carbons (Fsp3) is 0.190. The molecular weight excluding hydrogens is 377 g/mol. The van der Waals surface area contributed by atoms with Crippen LogP contribution in [0.25, 0.3) is 5.69 Å². The monoisotopic (exact) mass is 397 g/mol. The van der Waals surface area contributed by atoms with Gasteiger partial charge >= 0.3 is 0 Å². The van der Waals surface area contributed by atoms with Crippen molar-refractivity contribution in [1.82, 2.24) is 9.78 Å². The molecule has 1 heterocycles. The van der Waals surface area contributed by atoms with Crippen LogP contribution < -0.4 is 20.3 Å². The van der Waals surface area contributed by atoms with Gasteiger partial charge in [-0.3, -0.25) is 9.59 Å². The molecule has 0 fully saturated rings. The predicted molar refractivity (Wildman–Crippen MR) is 106 cm³/mol. The van der Waals surface area contributed by atoms with E-state index in [0.29, 0.717) is 23.7 Å². The van der Waals surface area contributed by atoms with Crippen molar-refractivity contribution in [2.75, 3.05) is 11.9 Å². The van der Waals surface area contributed by atoms with Gasteiger partial charge in [-0.05, 0) is 62.4 Å². The molecule has 1 atom stereocenters. The lowest BCUT2D eigenvalue weighted by Gasteiger charge is -2.15. The number of halogens is 1. The first-order chi connectivity index (χ1) is 14.0. The first kappa shape index (κ1) is 20.1. The van der Waals surface area contributed by atoms with Gasteiger partial charge in [-0.1, -0.05) is 0 Å². The molecule has 1 N–H and O–H groups in total. The molecular formula is C21H20FN3O4. The highest BCUT2D eigenvalue weighted by molar-refractivity contribution is 5.94. The molecule has 0 aliphatic heterocycles. The van der Waals surface area contributed by atoms with Crippen LogP contribution >= 0.6 is 0 Å². The maximum atomic E-state index is 13.1. The molecule has 29 heavy (non-hydrogen) atoms. The Morgan fingerprint density at radius 1 is 1.10 bits per heavy atom. The van der Waals surface area contributed by atoms with Gasteiger partial charge in [0.1, 0.15) is 11.6 Å². The number of rotatable bonds is 7. The minimum Gasteiger partial charge on any atom is -0.494 e. The molecule has 3 rings (SSSR count). The second-order valence-electron chi connectivity index (χ2n) is 6.10. The Kier molecular flexibility index (Phi) is 6.23. The van der Waals surface area contributed by atoms with E-state index in [1.807, 2.05) is 6.92 Å². The summed E-state index contributed by atoms with van der Waals surface area (Å²) in [7, 11) is 0. The second-order valence-corrected chi connectivity index (χ2v) is 6.10. The van der Waals surface area contributed by atoms with Crippen molar-refractivity contribution < 1.29 is 18.7 Å². The highest BCUT2D eigenvalue weighted by Crippen LogP contribution is 2.16. The van der Waals surface area contributed by atoms with Gasteiger partial charge in [0.15, 0.2) is 6.10 Å². The zero-order valence-electron chi connectivity index (χ0n) is 16.0. The number of carbonyl (C=O) groups is 1. The normalized spacial score (nSPS) is 11.6. The van der Waals surface area contributed by atoms with Crippen LogP contribution in [-0.2, 0) is 4.79 Å². The smallest absolute Gasteiger partial charge is 0.271 e. The van der Waals surface area contributed by atoms with Crippen molar-refractivity contribution in [3.8, 4) is 17.3 Å². The van der Waals surface area contributed by atoms with E-state index in [9.17, 15) is 14.0 Å². The van der Waals surface area contributed by atoms with E-state index in [2.05, 4.69) is 10.4 Å². The number of nitrogens with one attached hydrogen (secondary N) is 1. The average Bonchev–Trinajstić information content (AvgIpc) is 2.72. The van der Waals surface area contributed by atoms with Crippen LogP contribution in [0.4, 0.5) is 10.1 Å². The molecule has 1 aromatic heterocycles. The van der Waals surface area contributed by atoms with Crippen molar-refractivity contribution in [1.29, 1.82) is 0 Å². The number of anilines is 1. The van der Waals surface area contributed by atoms with E-state index in [4.69, 9.17) is 9.47 Å². The molecule has 0 aliphatic rings. The quantitative estimate of drug-likeness (QED) is 0.662. The van der Waals surface area contributed by atoms with Gasteiger partial charge in [0, 0.05) is 17.8 Å². The number of hydrogen-bond donors (Lipinski definition) is 1. The number of carbonyl (C=O) groups excluding carboxylic acids is 1. The summed E-state index contributed by atoms with van der Waals surface area (Å²) in [5, 5.41) is 6.83. The van der Waals surface area contributed by atoms with E-state index in [0.717, 1.165) is 4.68 Å². The highest BCUT2D eigenvalue weighted by atomic mass is 19.1. The highest BCUT2D eigenvalue weighted by Gasteiger charge is 2.16. The Bertz CT molecular complexity index is 1030. The molecule has 0 bridgehead atoms. The summed E-state index contributed by atoms with van der Waals surface area (Å²) in [5.74, 6) is -0.00501. The summed E-state index contributed by atoms with van der Waals surface area (Å²) >= 11 is 0. The molecule has 1 unspecified atom stereocenters. The largest absolute Gasteiger partial charge is 0.494 e. The molecule has 8 heteroatoms. The number of ether oxygens (including phenoxy) is 2. The number of nitrogens with zero attached hydrogens (tertiary/aromatic N) is 2. The second kappa shape index (κ2) is 9.01. The molecule has 0 saturated carbocycles. The van der Waals surface area contributed by atoms with E-state index < -0.39 is 17.5 Å². The van der Waals surface area contributed by atoms with E-state index in [1.54, 1.807) is 31.2 Å². The zero-order valence-corrected chi connectivity index (χ0v) is 16.0. The maximum Gasteiger partial charge on any atom is 0.271 e. The van der Waals surface area contributed by atoms with Crippen molar-refractivity contribution in [3.63, 3.8) is 0 Å². The molecule has 0 spiro atoms. The average molecular weight is 397 g/mol. The lowest BCUT2D eigenvalue weighted by Crippen LogP contribution is -2.31. The summed E-state index contributed by atoms with van der Waals surface area (Å²) in [4.78, 5) is 24.4. The Hall–Kier alpha value is -3.68. The third kappa shape index (κ3) is 5.19. The van der Waals surface area contributed by atoms with Crippen LogP contribution in [0.2, 0.25) is 0 Å². The Morgan fingerprint density at radius 3 is 2.45 bits per heavy atom. The SMILES string of the molecule is CCOc1ccc(NC(=O)C(C)Oc2ccc(=O)n(-c3ccc(F)cc3)n2)cc1. The first-order valence-electron chi connectivity index (χ1n) is 9.03. The molecule has 3 aromatic rings. The molecule has 0 radical (unpaired) electrons. The number of benzene rings is 2. The zero-order chi connectivity index (χ0) is 20.8. The molecule has 1 amide bonds. The first-order valence-corrected chi connectivity index (χ1v) is 9.03. The van der Waals surface area contributed by atoms with Crippen molar-refractivity contribution in [3.05, 3.63) is 76.8 Å². The van der Waals surface area contributed by atoms with E-state index in [-0.39, 0.29) is 11.8 Å². The molecule has 2 aromatic carbocycles. The van der Waals surface area contributed by atoms with Gasteiger partial charge in [-0.15, -0.1) is 5.10 Å². The van der Waals surface area contributed by atoms with Crippen LogP contribution in [0.1, 0.15) is 13.8 Å². The maximum absolute atomic E-state index is 13.1. The number of aromatic nitrogens is 2. The molecule has 0 aliphatic carbocycles. The van der Waals surface area contributed by atoms with Gasteiger partial charge in [0.2, 0.25) is 5.88 Å². The molecule has 7 nitrogen and oxygen atoms in total. The third-order valence-corrected chi connectivity index (χ3v) is 3.95. The van der Waals surface area contributed by atoms with Gasteiger partial charge in [0.25, 0.3) is 11.5 Å². The van der Waals surface area contributed by atoms with Crippen LogP contribution in [0.5, 0.6) is 11.6 Å². The van der Waals surface area contributed by atoms with E-state index in [1.165, 1.54) is 36.4 Å². The van der Waals surface area contributed by atoms with E-state index >= 15 is 0 Å². The predicted octanol–water partition coefficient (Wildman–Crippen LogP) is 3.18. The van der Waals surface area contributed by atoms with Gasteiger partial charge in [-0.25, -0.2) is 4.39 Å². The summed E-state index contributed by atoms with van der Waals surface area (Å²) in [6.45, 7) is 4.02. The van der Waals surface area contributed by atoms with Crippen LogP contribution in [0.3, 0.4) is 0 Å². The van der Waals surface area contributed by atoms with Gasteiger partial charge < -0.3 is 14.8 Å². The summed E-state index contributed by atoms with van der Waals surface area (Å²) in [5.41, 5.74) is 0.571. The Labute approximate surface area is 166 Å². The minimum atomic E-state index is -0.867. The third-order valence-electron chi connectivity index (χ3n) is 3.95. The topological polar surface area (TPSA) is 82.5 Å². The standard InChI is InChI=1S/C21H20FN3O4/c1-3-28-18-10-6-16(7-11-18)23-21(27)14(2)29-19-12-13-20(26)25(24-19)17-8-4-15(22)5-9-17/h4-14H,3H2,1-2H3,(H,23,27). The fourth-order valence-corrected chi connectivity index (χ4v) is 2.50. The van der Waals surface area contributed by atoms with Gasteiger partial charge in [-0.2, -0.15) is 4.68 Å². The Morgan fingerprint density at radius 2 is 1.79 bits per heavy atom. The minimum absolute atomic E-state index is 0.0864. The van der Waals surface area contributed by atoms with Crippen LogP contribution in [0, 0.1) is 5.82 Å². The lowest BCUT2D eigenvalue weighted by atomic mass is 10.3. The van der Waals surface area contributed by atoms with Crippen molar-refractivity contribution in [2.24, 2.45) is 0 Å². The van der Waals surface area contributed by atoms with Gasteiger partial charge in [0.05, 0.1) is 12.3 Å². The van der Waals surface area contributed by atoms with Crippen molar-refractivity contribution in [2.45, 2.75) is 20.0 Å².